The minimum absolute atomic E-state index is 0.0446. The first-order valence-corrected chi connectivity index (χ1v) is 10.8. The largest absolute Gasteiger partial charge is 0.490 e. The molecule has 1 aliphatic heterocycles. The second kappa shape index (κ2) is 12.9. The van der Waals surface area contributed by atoms with Gasteiger partial charge < -0.3 is 19.7 Å². The predicted octanol–water partition coefficient (Wildman–Crippen LogP) is 3.03. The summed E-state index contributed by atoms with van der Waals surface area (Å²) in [6.07, 6.45) is -3.07. The molecule has 2 aliphatic rings. The molecule has 38 heavy (non-hydrogen) atoms. The van der Waals surface area contributed by atoms with Crippen LogP contribution in [-0.2, 0) is 27.9 Å². The van der Waals surface area contributed by atoms with Gasteiger partial charge in [-0.1, -0.05) is 0 Å². The van der Waals surface area contributed by atoms with Crippen LogP contribution in [0.2, 0.25) is 0 Å². The van der Waals surface area contributed by atoms with Crippen molar-refractivity contribution in [2.24, 2.45) is 7.05 Å². The van der Waals surface area contributed by atoms with Crippen molar-refractivity contribution in [2.45, 2.75) is 50.0 Å². The van der Waals surface area contributed by atoms with E-state index < -0.39 is 30.1 Å². The molecule has 1 saturated heterocycles. The molecule has 10 nitrogen and oxygen atoms in total. The average Bonchev–Trinajstić information content (AvgIpc) is 3.41. The highest BCUT2D eigenvalue weighted by atomic mass is 19.4. The number of carboxylic acids is 2. The van der Waals surface area contributed by atoms with Gasteiger partial charge in [0.05, 0.1) is 12.8 Å². The minimum Gasteiger partial charge on any atom is -0.475 e. The van der Waals surface area contributed by atoms with Crippen LogP contribution in [0.15, 0.2) is 30.7 Å². The molecule has 1 aliphatic carbocycles. The van der Waals surface area contributed by atoms with Crippen LogP contribution in [0.25, 0.3) is 0 Å². The number of ether oxygens (including phenoxy) is 2. The van der Waals surface area contributed by atoms with E-state index >= 15 is 0 Å². The molecular formula is C21H23F7N4O6. The van der Waals surface area contributed by atoms with Crippen molar-refractivity contribution in [1.82, 2.24) is 19.7 Å². The van der Waals surface area contributed by atoms with E-state index in [9.17, 15) is 30.7 Å². The number of morpholine rings is 1. The van der Waals surface area contributed by atoms with Crippen LogP contribution >= 0.6 is 0 Å². The van der Waals surface area contributed by atoms with Crippen molar-refractivity contribution in [3.63, 3.8) is 0 Å². The van der Waals surface area contributed by atoms with Gasteiger partial charge in [0.2, 0.25) is 0 Å². The number of aliphatic carboxylic acids is 2. The van der Waals surface area contributed by atoms with E-state index in [1.54, 1.807) is 12.3 Å². The van der Waals surface area contributed by atoms with Crippen LogP contribution in [-0.4, -0.2) is 85.6 Å². The summed E-state index contributed by atoms with van der Waals surface area (Å²) in [5.74, 6) is -5.87. The third kappa shape index (κ3) is 9.13. The van der Waals surface area contributed by atoms with Crippen molar-refractivity contribution >= 4 is 11.9 Å². The Balaban J connectivity index is 0.000000301. The molecule has 0 spiro atoms. The fourth-order valence-corrected chi connectivity index (χ4v) is 3.70. The Kier molecular flexibility index (Phi) is 10.4. The molecule has 0 aromatic carbocycles. The lowest BCUT2D eigenvalue weighted by molar-refractivity contribution is -0.193. The fourth-order valence-electron chi connectivity index (χ4n) is 3.70. The number of rotatable bonds is 4. The van der Waals surface area contributed by atoms with Gasteiger partial charge >= 0.3 is 24.3 Å². The molecule has 2 aromatic heterocycles. The molecule has 17 heteroatoms. The molecule has 0 radical (unpaired) electrons. The number of alkyl halides is 6. The standard InChI is InChI=1S/C17H21FN4O2.2C2HF3O2/c1-21-10-12(9-20-21)11-22-7-8-23-16-14(22)4-5-15(16)24-17-13(18)3-2-6-19-17;2*3-2(4,5)1(6)7/h2-3,6,9-10,14-16H,4-5,7-8,11H2,1H3;2*(H,6,7)/t14-,15+,16+;;/m0../s1. The Bertz CT molecular complexity index is 1050. The Morgan fingerprint density at radius 1 is 1.13 bits per heavy atom. The summed E-state index contributed by atoms with van der Waals surface area (Å²) in [5, 5.41) is 18.5. The molecule has 3 atom stereocenters. The normalized spacial score (nSPS) is 21.3. The Morgan fingerprint density at radius 2 is 1.74 bits per heavy atom. The van der Waals surface area contributed by atoms with Crippen molar-refractivity contribution < 1.29 is 60.0 Å². The summed E-state index contributed by atoms with van der Waals surface area (Å²) in [5.41, 5.74) is 1.19. The maximum atomic E-state index is 13.8. The minimum atomic E-state index is -5.08. The summed E-state index contributed by atoms with van der Waals surface area (Å²) in [4.78, 5) is 24.2. The number of carboxylic acid groups (broad SMARTS) is 2. The summed E-state index contributed by atoms with van der Waals surface area (Å²) >= 11 is 0. The van der Waals surface area contributed by atoms with Gasteiger partial charge in [0.1, 0.15) is 12.2 Å². The predicted molar refractivity (Wildman–Crippen MR) is 112 cm³/mol. The van der Waals surface area contributed by atoms with Crippen LogP contribution < -0.4 is 4.74 Å². The van der Waals surface area contributed by atoms with Crippen LogP contribution in [0, 0.1) is 5.82 Å². The third-order valence-corrected chi connectivity index (χ3v) is 5.27. The first-order valence-electron chi connectivity index (χ1n) is 10.8. The van der Waals surface area contributed by atoms with Crippen LogP contribution in [0.1, 0.15) is 18.4 Å². The summed E-state index contributed by atoms with van der Waals surface area (Å²) in [7, 11) is 1.92. The smallest absolute Gasteiger partial charge is 0.475 e. The Labute approximate surface area is 210 Å². The highest BCUT2D eigenvalue weighted by Gasteiger charge is 2.44. The number of nitrogens with zero attached hydrogens (tertiary/aromatic N) is 4. The molecule has 2 fully saturated rings. The molecule has 4 rings (SSSR count). The van der Waals surface area contributed by atoms with Gasteiger partial charge in [-0.3, -0.25) is 9.58 Å². The van der Waals surface area contributed by atoms with E-state index in [1.165, 1.54) is 11.6 Å². The number of aromatic nitrogens is 3. The van der Waals surface area contributed by atoms with Crippen LogP contribution in [0.4, 0.5) is 30.7 Å². The zero-order valence-corrected chi connectivity index (χ0v) is 19.6. The zero-order chi connectivity index (χ0) is 28.7. The fraction of sp³-hybridized carbons (Fsp3) is 0.524. The molecule has 212 valence electrons. The number of fused-ring (bicyclic) bond motifs is 1. The first kappa shape index (κ1) is 30.8. The van der Waals surface area contributed by atoms with Gasteiger partial charge in [-0.05, 0) is 25.0 Å². The van der Waals surface area contributed by atoms with Gasteiger partial charge in [-0.15, -0.1) is 0 Å². The van der Waals surface area contributed by atoms with Gasteiger partial charge in [-0.2, -0.15) is 31.4 Å². The lowest BCUT2D eigenvalue weighted by atomic mass is 10.1. The van der Waals surface area contributed by atoms with Gasteiger partial charge in [0.25, 0.3) is 5.88 Å². The second-order valence-electron chi connectivity index (χ2n) is 8.03. The molecule has 0 amide bonds. The molecule has 0 bridgehead atoms. The van der Waals surface area contributed by atoms with Crippen LogP contribution in [0.3, 0.4) is 0 Å². The van der Waals surface area contributed by atoms with Gasteiger partial charge in [0.15, 0.2) is 5.82 Å². The SMILES string of the molecule is Cn1cc(CN2CCO[C@H]3[C@H](Oc4ncccc4F)CC[C@@H]32)cn1.O=C(O)C(F)(F)F.O=C(O)C(F)(F)F. The lowest BCUT2D eigenvalue weighted by Gasteiger charge is -2.38. The molecule has 2 aromatic rings. The quantitative estimate of drug-likeness (QED) is 0.543. The van der Waals surface area contributed by atoms with Gasteiger partial charge in [-0.25, -0.2) is 19.0 Å². The van der Waals surface area contributed by atoms with E-state index in [4.69, 9.17) is 29.3 Å². The summed E-state index contributed by atoms with van der Waals surface area (Å²) in [6.45, 7) is 2.40. The lowest BCUT2D eigenvalue weighted by Crippen LogP contribution is -2.51. The number of pyridine rings is 1. The maximum Gasteiger partial charge on any atom is 0.490 e. The van der Waals surface area contributed by atoms with E-state index in [0.717, 1.165) is 25.9 Å². The number of hydrogen-bond acceptors (Lipinski definition) is 7. The van der Waals surface area contributed by atoms with Gasteiger partial charge in [0, 0.05) is 44.1 Å². The first-order chi connectivity index (χ1) is 17.6. The monoisotopic (exact) mass is 560 g/mol. The van der Waals surface area contributed by atoms with Crippen LogP contribution in [0.5, 0.6) is 5.88 Å². The third-order valence-electron chi connectivity index (χ3n) is 5.27. The zero-order valence-electron chi connectivity index (χ0n) is 19.6. The topological polar surface area (TPSA) is 127 Å². The number of hydrogen-bond donors (Lipinski definition) is 2. The average molecular weight is 560 g/mol. The molecule has 3 heterocycles. The second-order valence-corrected chi connectivity index (χ2v) is 8.03. The molecule has 1 saturated carbocycles. The number of halogens is 7. The molecule has 2 N–H and O–H groups in total. The number of carbonyl (C=O) groups is 2. The van der Waals surface area contributed by atoms with E-state index in [0.29, 0.717) is 6.61 Å². The van der Waals surface area contributed by atoms with Crippen molar-refractivity contribution in [3.05, 3.63) is 42.1 Å². The van der Waals surface area contributed by atoms with E-state index in [2.05, 4.69) is 15.0 Å². The van der Waals surface area contributed by atoms with Crippen molar-refractivity contribution in [1.29, 1.82) is 0 Å². The highest BCUT2D eigenvalue weighted by Crippen LogP contribution is 2.33. The highest BCUT2D eigenvalue weighted by molar-refractivity contribution is 5.73. The maximum absolute atomic E-state index is 13.8. The van der Waals surface area contributed by atoms with Crippen molar-refractivity contribution in [2.75, 3.05) is 13.2 Å². The summed E-state index contributed by atoms with van der Waals surface area (Å²) in [6, 6.07) is 3.22. The van der Waals surface area contributed by atoms with E-state index in [-0.39, 0.29) is 24.1 Å². The Morgan fingerprint density at radius 3 is 2.24 bits per heavy atom. The van der Waals surface area contributed by atoms with Crippen molar-refractivity contribution in [3.8, 4) is 5.88 Å². The van der Waals surface area contributed by atoms with E-state index in [1.807, 2.05) is 24.1 Å². The molecule has 0 unspecified atom stereocenters. The summed E-state index contributed by atoms with van der Waals surface area (Å²) < 4.78 is 90.9. The Hall–Kier alpha value is -3.47. The number of aryl methyl sites for hydroxylation is 1. The molecular weight excluding hydrogens is 537 g/mol.